The molecule has 3 aliphatic rings. The third kappa shape index (κ3) is 4.53. The predicted molar refractivity (Wildman–Crippen MR) is 126 cm³/mol. The van der Waals surface area contributed by atoms with E-state index in [1.54, 1.807) is 26.0 Å². The molecule has 1 fully saturated rings. The van der Waals surface area contributed by atoms with Crippen LogP contribution in [0.3, 0.4) is 0 Å². The van der Waals surface area contributed by atoms with Gasteiger partial charge < -0.3 is 24.8 Å². The summed E-state index contributed by atoms with van der Waals surface area (Å²) in [5.74, 6) is 0.707. The zero-order chi connectivity index (χ0) is 24.7. The number of benzene rings is 2. The number of carbonyl (C=O) groups is 2. The zero-order valence-corrected chi connectivity index (χ0v) is 20.3. The number of aryl methyl sites for hydroxylation is 1. The van der Waals surface area contributed by atoms with E-state index in [0.29, 0.717) is 54.4 Å². The third-order valence-corrected chi connectivity index (χ3v) is 8.49. The fourth-order valence-electron chi connectivity index (χ4n) is 4.52. The summed E-state index contributed by atoms with van der Waals surface area (Å²) in [6.45, 7) is 4.20. The van der Waals surface area contributed by atoms with E-state index in [0.717, 1.165) is 5.56 Å². The van der Waals surface area contributed by atoms with Crippen LogP contribution < -0.4 is 24.8 Å². The van der Waals surface area contributed by atoms with Crippen molar-refractivity contribution in [3.05, 3.63) is 41.5 Å². The first kappa shape index (κ1) is 23.4. The normalized spacial score (nSPS) is 21.6. The molecule has 1 saturated heterocycles. The molecular formula is C24H27N3O7S. The van der Waals surface area contributed by atoms with Gasteiger partial charge in [0.15, 0.2) is 17.6 Å². The SMILES string of the molecule is Cc1cc2c(cc1S(=O)(=O)N1CCC[C@@H](C(=O)NCc3ccc4c(c3)OCO4)C1)O[C@H](C)C(=O)N2. The minimum atomic E-state index is -3.87. The van der Waals surface area contributed by atoms with Gasteiger partial charge in [-0.25, -0.2) is 8.42 Å². The van der Waals surface area contributed by atoms with E-state index >= 15 is 0 Å². The van der Waals surface area contributed by atoms with E-state index in [1.165, 1.54) is 10.4 Å². The van der Waals surface area contributed by atoms with Crippen LogP contribution in [0, 0.1) is 12.8 Å². The Morgan fingerprint density at radius 1 is 1.17 bits per heavy atom. The number of fused-ring (bicyclic) bond motifs is 2. The number of piperidine rings is 1. The molecule has 35 heavy (non-hydrogen) atoms. The summed E-state index contributed by atoms with van der Waals surface area (Å²) in [7, 11) is -3.87. The fraction of sp³-hybridized carbons (Fsp3) is 0.417. The summed E-state index contributed by atoms with van der Waals surface area (Å²) in [5.41, 5.74) is 1.81. The second kappa shape index (κ2) is 9.04. The Labute approximate surface area is 203 Å². The lowest BCUT2D eigenvalue weighted by Crippen LogP contribution is -2.45. The first-order chi connectivity index (χ1) is 16.7. The Balaban J connectivity index is 1.28. The van der Waals surface area contributed by atoms with Crippen molar-refractivity contribution in [3.8, 4) is 17.2 Å². The molecule has 0 unspecified atom stereocenters. The number of sulfonamides is 1. The number of hydrogen-bond donors (Lipinski definition) is 2. The molecule has 0 saturated carbocycles. The maximum Gasteiger partial charge on any atom is 0.265 e. The smallest absolute Gasteiger partial charge is 0.265 e. The van der Waals surface area contributed by atoms with Crippen LogP contribution >= 0.6 is 0 Å². The van der Waals surface area contributed by atoms with Gasteiger partial charge in [-0.05, 0) is 56.0 Å². The highest BCUT2D eigenvalue weighted by Gasteiger charge is 2.35. The number of ether oxygens (including phenoxy) is 3. The molecule has 3 aliphatic heterocycles. The van der Waals surface area contributed by atoms with E-state index in [9.17, 15) is 18.0 Å². The van der Waals surface area contributed by atoms with Crippen molar-refractivity contribution in [1.29, 1.82) is 0 Å². The predicted octanol–water partition coefficient (Wildman–Crippen LogP) is 2.16. The standard InChI is InChI=1S/C24H27N3O7S/c1-14-8-18-20(34-15(2)23(28)26-18)10-22(14)35(30,31)27-7-3-4-17(12-27)24(29)25-11-16-5-6-19-21(9-16)33-13-32-19/h5-6,8-10,15,17H,3-4,7,11-13H2,1-2H3,(H,25,29)(H,26,28)/t15-,17-/m1/s1. The highest BCUT2D eigenvalue weighted by molar-refractivity contribution is 7.89. The van der Waals surface area contributed by atoms with Crippen molar-refractivity contribution in [3.63, 3.8) is 0 Å². The molecule has 5 rings (SSSR count). The lowest BCUT2D eigenvalue weighted by Gasteiger charge is -2.32. The summed E-state index contributed by atoms with van der Waals surface area (Å²) in [4.78, 5) is 24.9. The van der Waals surface area contributed by atoms with Gasteiger partial charge in [0.05, 0.1) is 16.5 Å². The van der Waals surface area contributed by atoms with Crippen molar-refractivity contribution in [2.24, 2.45) is 5.92 Å². The van der Waals surface area contributed by atoms with Crippen LogP contribution in [0.2, 0.25) is 0 Å². The van der Waals surface area contributed by atoms with E-state index in [4.69, 9.17) is 14.2 Å². The van der Waals surface area contributed by atoms with Gasteiger partial charge in [0, 0.05) is 25.7 Å². The van der Waals surface area contributed by atoms with Gasteiger partial charge in [-0.1, -0.05) is 6.07 Å². The van der Waals surface area contributed by atoms with Crippen molar-refractivity contribution in [2.45, 2.75) is 44.2 Å². The molecule has 2 amide bonds. The van der Waals surface area contributed by atoms with Crippen LogP contribution in [0.25, 0.3) is 0 Å². The number of amides is 2. The number of anilines is 1. The van der Waals surface area contributed by atoms with Crippen molar-refractivity contribution in [1.82, 2.24) is 9.62 Å². The first-order valence-electron chi connectivity index (χ1n) is 11.5. The number of carbonyl (C=O) groups excluding carboxylic acids is 2. The van der Waals surface area contributed by atoms with Crippen molar-refractivity contribution < 1.29 is 32.2 Å². The summed E-state index contributed by atoms with van der Waals surface area (Å²) in [5, 5.41) is 5.65. The van der Waals surface area contributed by atoms with Gasteiger partial charge in [0.25, 0.3) is 5.91 Å². The lowest BCUT2D eigenvalue weighted by atomic mass is 9.98. The maximum absolute atomic E-state index is 13.5. The largest absolute Gasteiger partial charge is 0.479 e. The average molecular weight is 502 g/mol. The van der Waals surface area contributed by atoms with Crippen LogP contribution in [0.4, 0.5) is 5.69 Å². The van der Waals surface area contributed by atoms with Gasteiger partial charge in [-0.2, -0.15) is 4.31 Å². The van der Waals surface area contributed by atoms with E-state index < -0.39 is 22.0 Å². The number of nitrogens with zero attached hydrogens (tertiary/aromatic N) is 1. The van der Waals surface area contributed by atoms with E-state index in [1.807, 2.05) is 12.1 Å². The lowest BCUT2D eigenvalue weighted by molar-refractivity contribution is -0.126. The molecule has 2 N–H and O–H groups in total. The highest BCUT2D eigenvalue weighted by Crippen LogP contribution is 2.36. The summed E-state index contributed by atoms with van der Waals surface area (Å²) in [6, 6.07) is 8.54. The van der Waals surface area contributed by atoms with Gasteiger partial charge in [0.1, 0.15) is 5.75 Å². The molecule has 11 heteroatoms. The number of hydrogen-bond acceptors (Lipinski definition) is 7. The van der Waals surface area contributed by atoms with Gasteiger partial charge in [-0.15, -0.1) is 0 Å². The Hall–Kier alpha value is -3.31. The molecule has 2 atom stereocenters. The molecule has 2 aromatic rings. The molecule has 2 aromatic carbocycles. The summed E-state index contributed by atoms with van der Waals surface area (Å²) >= 11 is 0. The Morgan fingerprint density at radius 3 is 2.80 bits per heavy atom. The molecular weight excluding hydrogens is 474 g/mol. The van der Waals surface area contributed by atoms with Crippen LogP contribution in [0.5, 0.6) is 17.2 Å². The third-order valence-electron chi connectivity index (χ3n) is 6.48. The van der Waals surface area contributed by atoms with Crippen LogP contribution in [0.15, 0.2) is 35.2 Å². The monoisotopic (exact) mass is 501 g/mol. The van der Waals surface area contributed by atoms with Crippen molar-refractivity contribution in [2.75, 3.05) is 25.2 Å². The molecule has 0 aliphatic carbocycles. The second-order valence-corrected chi connectivity index (χ2v) is 10.9. The second-order valence-electron chi connectivity index (χ2n) is 8.97. The number of rotatable bonds is 5. The minimum absolute atomic E-state index is 0.0970. The summed E-state index contributed by atoms with van der Waals surface area (Å²) < 4.78 is 44.7. The average Bonchev–Trinajstić information content (AvgIpc) is 3.31. The molecule has 186 valence electrons. The molecule has 0 spiro atoms. The van der Waals surface area contributed by atoms with Crippen LogP contribution in [-0.2, 0) is 26.2 Å². The van der Waals surface area contributed by atoms with Crippen molar-refractivity contribution >= 4 is 27.5 Å². The zero-order valence-electron chi connectivity index (χ0n) is 19.5. The molecule has 0 bridgehead atoms. The minimum Gasteiger partial charge on any atom is -0.479 e. The number of nitrogens with one attached hydrogen (secondary N) is 2. The molecule has 0 radical (unpaired) electrons. The molecule has 10 nitrogen and oxygen atoms in total. The van der Waals surface area contributed by atoms with E-state index in [2.05, 4.69) is 10.6 Å². The van der Waals surface area contributed by atoms with E-state index in [-0.39, 0.29) is 30.0 Å². The van der Waals surface area contributed by atoms with Gasteiger partial charge in [0.2, 0.25) is 22.7 Å². The Bertz CT molecular complexity index is 1290. The topological polar surface area (TPSA) is 123 Å². The first-order valence-corrected chi connectivity index (χ1v) is 12.9. The van der Waals surface area contributed by atoms with Gasteiger partial charge in [-0.3, -0.25) is 9.59 Å². The molecule has 3 heterocycles. The molecule has 0 aromatic heterocycles. The van der Waals surface area contributed by atoms with Gasteiger partial charge >= 0.3 is 0 Å². The van der Waals surface area contributed by atoms with Crippen LogP contribution in [-0.4, -0.2) is 50.5 Å². The quantitative estimate of drug-likeness (QED) is 0.644. The van der Waals surface area contributed by atoms with Crippen LogP contribution in [0.1, 0.15) is 30.9 Å². The Kier molecular flexibility index (Phi) is 6.06. The Morgan fingerprint density at radius 2 is 1.97 bits per heavy atom. The fourth-order valence-corrected chi connectivity index (χ4v) is 6.26. The highest BCUT2D eigenvalue weighted by atomic mass is 32.2. The summed E-state index contributed by atoms with van der Waals surface area (Å²) in [6.07, 6.45) is 0.470. The maximum atomic E-state index is 13.5.